The van der Waals surface area contributed by atoms with Crippen LogP contribution >= 0.6 is 15.9 Å². The Bertz CT molecular complexity index is 991. The highest BCUT2D eigenvalue weighted by Gasteiger charge is 2.30. The minimum atomic E-state index is 0.115. The van der Waals surface area contributed by atoms with Crippen molar-refractivity contribution in [1.29, 1.82) is 0 Å². The zero-order chi connectivity index (χ0) is 19.0. The molecule has 1 aromatic heterocycles. The van der Waals surface area contributed by atoms with E-state index in [1.165, 1.54) is 6.42 Å². The summed E-state index contributed by atoms with van der Waals surface area (Å²) in [5.41, 5.74) is 3.44. The van der Waals surface area contributed by atoms with Gasteiger partial charge in [0, 0.05) is 27.5 Å². The van der Waals surface area contributed by atoms with Gasteiger partial charge in [-0.2, -0.15) is 0 Å². The van der Waals surface area contributed by atoms with Crippen LogP contribution in [0.1, 0.15) is 43.5 Å². The lowest BCUT2D eigenvalue weighted by Crippen LogP contribution is -2.47. The highest BCUT2D eigenvalue weighted by atomic mass is 79.9. The number of nitrogens with zero attached hydrogens (tertiary/aromatic N) is 2. The molecule has 4 heteroatoms. The number of piperidine rings is 1. The number of para-hydroxylation sites is 1. The van der Waals surface area contributed by atoms with Crippen molar-refractivity contribution in [2.45, 2.75) is 45.2 Å². The van der Waals surface area contributed by atoms with Gasteiger partial charge in [-0.1, -0.05) is 46.3 Å². The molecule has 0 radical (unpaired) electrons. The van der Waals surface area contributed by atoms with Crippen molar-refractivity contribution >= 4 is 32.7 Å². The average molecular weight is 423 g/mol. The van der Waals surface area contributed by atoms with Gasteiger partial charge in [-0.15, -0.1) is 0 Å². The molecule has 2 aromatic carbocycles. The van der Waals surface area contributed by atoms with Crippen LogP contribution in [0, 0.1) is 0 Å². The van der Waals surface area contributed by atoms with Crippen LogP contribution in [0.4, 0.5) is 0 Å². The predicted molar refractivity (Wildman–Crippen MR) is 114 cm³/mol. The largest absolute Gasteiger partial charge is 0.333 e. The number of likely N-dealkylation sites (tertiary alicyclic amines) is 1. The number of amides is 1. The minimum absolute atomic E-state index is 0.115. The summed E-state index contributed by atoms with van der Waals surface area (Å²) in [6.07, 6.45) is 3.32. The number of aromatic nitrogens is 1. The number of halogens is 1. The van der Waals surface area contributed by atoms with Crippen LogP contribution in [0.5, 0.6) is 0 Å². The molecular weight excluding hydrogens is 400 g/mol. The normalized spacial score (nSPS) is 20.0. The van der Waals surface area contributed by atoms with Crippen LogP contribution in [-0.4, -0.2) is 27.9 Å². The number of pyridine rings is 1. The van der Waals surface area contributed by atoms with E-state index in [4.69, 9.17) is 4.98 Å². The molecule has 1 fully saturated rings. The fourth-order valence-electron chi connectivity index (χ4n) is 4.11. The maximum atomic E-state index is 13.6. The monoisotopic (exact) mass is 422 g/mol. The first kappa shape index (κ1) is 18.2. The van der Waals surface area contributed by atoms with Gasteiger partial charge in [0.15, 0.2) is 0 Å². The summed E-state index contributed by atoms with van der Waals surface area (Å²) in [6, 6.07) is 18.5. The smallest absolute Gasteiger partial charge is 0.255 e. The second-order valence-corrected chi connectivity index (χ2v) is 8.34. The van der Waals surface area contributed by atoms with E-state index in [1.807, 2.05) is 54.6 Å². The molecule has 2 heterocycles. The number of hydrogen-bond acceptors (Lipinski definition) is 2. The summed E-state index contributed by atoms with van der Waals surface area (Å²) in [7, 11) is 0. The summed E-state index contributed by atoms with van der Waals surface area (Å²) in [5.74, 6) is 0.115. The molecule has 27 heavy (non-hydrogen) atoms. The molecule has 1 saturated heterocycles. The lowest BCUT2D eigenvalue weighted by atomic mass is 9.95. The number of benzene rings is 2. The Hall–Kier alpha value is -2.20. The van der Waals surface area contributed by atoms with Gasteiger partial charge in [0.25, 0.3) is 5.91 Å². The Morgan fingerprint density at radius 2 is 1.78 bits per heavy atom. The molecule has 138 valence electrons. The van der Waals surface area contributed by atoms with Gasteiger partial charge in [-0.05, 0) is 57.4 Å². The molecule has 3 aromatic rings. The molecule has 0 spiro atoms. The summed E-state index contributed by atoms with van der Waals surface area (Å²) in [4.78, 5) is 20.5. The molecule has 1 aliphatic heterocycles. The first-order chi connectivity index (χ1) is 13.0. The second-order valence-electron chi connectivity index (χ2n) is 7.42. The van der Waals surface area contributed by atoms with Crippen molar-refractivity contribution in [2.75, 3.05) is 0 Å². The standard InChI is InChI=1S/C23H23BrN2O/c1-15-7-5-8-16(2)26(15)23(27)20-14-22(17-9-6-10-18(24)13-17)25-21-12-4-3-11-19(20)21/h3-4,6,9-16H,5,7-8H2,1-2H3. The van der Waals surface area contributed by atoms with Crippen LogP contribution in [0.3, 0.4) is 0 Å². The molecule has 0 saturated carbocycles. The summed E-state index contributed by atoms with van der Waals surface area (Å²) >= 11 is 3.53. The minimum Gasteiger partial charge on any atom is -0.333 e. The number of hydrogen-bond donors (Lipinski definition) is 0. The quantitative estimate of drug-likeness (QED) is 0.502. The summed E-state index contributed by atoms with van der Waals surface area (Å²) in [5, 5.41) is 0.922. The van der Waals surface area contributed by atoms with E-state index in [1.54, 1.807) is 0 Å². The summed E-state index contributed by atoms with van der Waals surface area (Å²) < 4.78 is 1.00. The first-order valence-electron chi connectivity index (χ1n) is 9.53. The van der Waals surface area contributed by atoms with Crippen molar-refractivity contribution in [3.8, 4) is 11.3 Å². The molecule has 0 bridgehead atoms. The fourth-order valence-corrected chi connectivity index (χ4v) is 4.51. The van der Waals surface area contributed by atoms with Gasteiger partial charge in [0.05, 0.1) is 16.8 Å². The van der Waals surface area contributed by atoms with Crippen molar-refractivity contribution in [2.24, 2.45) is 0 Å². The van der Waals surface area contributed by atoms with Gasteiger partial charge in [0.1, 0.15) is 0 Å². The Balaban J connectivity index is 1.87. The van der Waals surface area contributed by atoms with Crippen LogP contribution in [0.2, 0.25) is 0 Å². The maximum Gasteiger partial charge on any atom is 0.255 e. The van der Waals surface area contributed by atoms with Gasteiger partial charge in [0.2, 0.25) is 0 Å². The molecular formula is C23H23BrN2O. The highest BCUT2D eigenvalue weighted by Crippen LogP contribution is 2.30. The van der Waals surface area contributed by atoms with E-state index in [-0.39, 0.29) is 18.0 Å². The number of carbonyl (C=O) groups is 1. The summed E-state index contributed by atoms with van der Waals surface area (Å²) in [6.45, 7) is 4.32. The average Bonchev–Trinajstić information content (AvgIpc) is 2.67. The molecule has 0 aliphatic carbocycles. The second kappa shape index (κ2) is 7.43. The fraction of sp³-hybridized carbons (Fsp3) is 0.304. The third-order valence-electron chi connectivity index (χ3n) is 5.50. The van der Waals surface area contributed by atoms with Gasteiger partial charge >= 0.3 is 0 Å². The topological polar surface area (TPSA) is 33.2 Å². The van der Waals surface area contributed by atoms with Crippen LogP contribution < -0.4 is 0 Å². The lowest BCUT2D eigenvalue weighted by Gasteiger charge is -2.39. The Kier molecular flexibility index (Phi) is 5.00. The lowest BCUT2D eigenvalue weighted by molar-refractivity contribution is 0.0513. The molecule has 2 unspecified atom stereocenters. The molecule has 1 aliphatic rings. The molecule has 2 atom stereocenters. The Morgan fingerprint density at radius 1 is 1.04 bits per heavy atom. The maximum absolute atomic E-state index is 13.6. The van der Waals surface area contributed by atoms with Crippen molar-refractivity contribution < 1.29 is 4.79 Å². The number of fused-ring (bicyclic) bond motifs is 1. The van der Waals surface area contributed by atoms with E-state index >= 15 is 0 Å². The van der Waals surface area contributed by atoms with E-state index < -0.39 is 0 Å². The van der Waals surface area contributed by atoms with E-state index in [9.17, 15) is 4.79 Å². The van der Waals surface area contributed by atoms with E-state index in [2.05, 4.69) is 34.7 Å². The number of rotatable bonds is 2. The van der Waals surface area contributed by atoms with Gasteiger partial charge in [-0.3, -0.25) is 4.79 Å². The third-order valence-corrected chi connectivity index (χ3v) is 5.99. The Morgan fingerprint density at radius 3 is 2.52 bits per heavy atom. The molecule has 3 nitrogen and oxygen atoms in total. The zero-order valence-electron chi connectivity index (χ0n) is 15.7. The molecule has 0 N–H and O–H groups in total. The van der Waals surface area contributed by atoms with Crippen molar-refractivity contribution in [3.05, 3.63) is 64.6 Å². The first-order valence-corrected chi connectivity index (χ1v) is 10.3. The predicted octanol–water partition coefficient (Wildman–Crippen LogP) is 6.07. The SMILES string of the molecule is CC1CCCC(C)N1C(=O)c1cc(-c2cccc(Br)c2)nc2ccccc12. The molecule has 1 amide bonds. The van der Waals surface area contributed by atoms with E-state index in [0.29, 0.717) is 0 Å². The highest BCUT2D eigenvalue weighted by molar-refractivity contribution is 9.10. The third kappa shape index (κ3) is 3.51. The molecule has 4 rings (SSSR count). The number of carbonyl (C=O) groups excluding carboxylic acids is 1. The van der Waals surface area contributed by atoms with Crippen molar-refractivity contribution in [1.82, 2.24) is 9.88 Å². The van der Waals surface area contributed by atoms with Gasteiger partial charge < -0.3 is 4.90 Å². The zero-order valence-corrected chi connectivity index (χ0v) is 17.2. The Labute approximate surface area is 168 Å². The van der Waals surface area contributed by atoms with Crippen LogP contribution in [-0.2, 0) is 0 Å². The van der Waals surface area contributed by atoms with Gasteiger partial charge in [-0.25, -0.2) is 4.98 Å². The van der Waals surface area contributed by atoms with Crippen LogP contribution in [0.25, 0.3) is 22.2 Å². The van der Waals surface area contributed by atoms with Crippen molar-refractivity contribution in [3.63, 3.8) is 0 Å². The van der Waals surface area contributed by atoms with E-state index in [0.717, 1.165) is 45.0 Å². The van der Waals surface area contributed by atoms with Crippen LogP contribution in [0.15, 0.2) is 59.1 Å².